The lowest BCUT2D eigenvalue weighted by Gasteiger charge is -2.03. The summed E-state index contributed by atoms with van der Waals surface area (Å²) in [7, 11) is 1.56. The Kier molecular flexibility index (Phi) is 4.42. The van der Waals surface area contributed by atoms with Crippen molar-refractivity contribution in [1.29, 1.82) is 0 Å². The van der Waals surface area contributed by atoms with E-state index in [0.29, 0.717) is 19.4 Å². The van der Waals surface area contributed by atoms with Crippen molar-refractivity contribution in [2.75, 3.05) is 20.3 Å². The van der Waals surface area contributed by atoms with Crippen LogP contribution in [0.5, 0.6) is 0 Å². The van der Waals surface area contributed by atoms with E-state index in [-0.39, 0.29) is 18.1 Å². The van der Waals surface area contributed by atoms with Crippen molar-refractivity contribution in [2.45, 2.75) is 6.54 Å². The van der Waals surface area contributed by atoms with Crippen LogP contribution in [0.1, 0.15) is 10.5 Å². The molecule has 0 saturated heterocycles. The molecule has 1 heterocycles. The molecule has 0 saturated carbocycles. The van der Waals surface area contributed by atoms with E-state index in [2.05, 4.69) is 15.6 Å². The highest BCUT2D eigenvalue weighted by Gasteiger charge is 2.04. The molecule has 0 aliphatic rings. The summed E-state index contributed by atoms with van der Waals surface area (Å²) in [5, 5.41) is 9.74. The minimum atomic E-state index is -0.200. The second-order valence-electron chi connectivity index (χ2n) is 2.80. The van der Waals surface area contributed by atoms with Crippen LogP contribution in [-0.2, 0) is 16.1 Å². The second kappa shape index (κ2) is 5.86. The zero-order valence-electron chi connectivity index (χ0n) is 8.34. The fourth-order valence-corrected chi connectivity index (χ4v) is 0.940. The Labute approximate surface area is 86.4 Å². The number of aromatic nitrogens is 3. The van der Waals surface area contributed by atoms with Crippen LogP contribution in [0.2, 0.25) is 0 Å². The van der Waals surface area contributed by atoms with Gasteiger partial charge in [0.05, 0.1) is 12.8 Å². The SMILES string of the molecule is COCCNC(=O)Cn1cc(C=O)nn1. The van der Waals surface area contributed by atoms with E-state index in [4.69, 9.17) is 4.74 Å². The van der Waals surface area contributed by atoms with Crippen LogP contribution < -0.4 is 5.32 Å². The summed E-state index contributed by atoms with van der Waals surface area (Å²) in [6.45, 7) is 0.956. The molecule has 7 heteroatoms. The van der Waals surface area contributed by atoms with Crippen LogP contribution in [0.25, 0.3) is 0 Å². The van der Waals surface area contributed by atoms with Crippen LogP contribution in [0.15, 0.2) is 6.20 Å². The van der Waals surface area contributed by atoms with Crippen LogP contribution in [0, 0.1) is 0 Å². The van der Waals surface area contributed by atoms with E-state index in [0.717, 1.165) is 0 Å². The third-order valence-electron chi connectivity index (χ3n) is 1.61. The summed E-state index contributed by atoms with van der Waals surface area (Å²) < 4.78 is 6.07. The average Bonchev–Trinajstić information content (AvgIpc) is 2.66. The van der Waals surface area contributed by atoms with E-state index < -0.39 is 0 Å². The molecule has 1 aromatic rings. The Bertz CT molecular complexity index is 336. The Morgan fingerprint density at radius 1 is 1.73 bits per heavy atom. The van der Waals surface area contributed by atoms with Crippen molar-refractivity contribution in [1.82, 2.24) is 20.3 Å². The van der Waals surface area contributed by atoms with E-state index >= 15 is 0 Å². The van der Waals surface area contributed by atoms with Gasteiger partial charge in [0.25, 0.3) is 0 Å². The molecule has 15 heavy (non-hydrogen) atoms. The summed E-state index contributed by atoms with van der Waals surface area (Å²) in [5.41, 5.74) is 0.208. The lowest BCUT2D eigenvalue weighted by molar-refractivity contribution is -0.122. The van der Waals surface area contributed by atoms with Crippen molar-refractivity contribution >= 4 is 12.2 Å². The summed E-state index contributed by atoms with van der Waals surface area (Å²) >= 11 is 0. The van der Waals surface area contributed by atoms with Gasteiger partial charge in [-0.2, -0.15) is 0 Å². The number of aldehydes is 1. The molecule has 1 amide bonds. The van der Waals surface area contributed by atoms with Crippen LogP contribution >= 0.6 is 0 Å². The van der Waals surface area contributed by atoms with Gasteiger partial charge in [0.2, 0.25) is 5.91 Å². The number of nitrogens with one attached hydrogen (secondary N) is 1. The number of amides is 1. The molecule has 7 nitrogen and oxygen atoms in total. The maximum Gasteiger partial charge on any atom is 0.241 e. The van der Waals surface area contributed by atoms with E-state index in [9.17, 15) is 9.59 Å². The van der Waals surface area contributed by atoms with Gasteiger partial charge in [-0.1, -0.05) is 5.21 Å². The van der Waals surface area contributed by atoms with Crippen LogP contribution in [-0.4, -0.2) is 47.4 Å². The van der Waals surface area contributed by atoms with Crippen molar-refractivity contribution in [3.05, 3.63) is 11.9 Å². The van der Waals surface area contributed by atoms with Crippen LogP contribution in [0.3, 0.4) is 0 Å². The Hall–Kier alpha value is -1.76. The molecule has 0 atom stereocenters. The van der Waals surface area contributed by atoms with E-state index in [1.165, 1.54) is 10.9 Å². The molecular formula is C8H12N4O3. The maximum atomic E-state index is 11.2. The first-order chi connectivity index (χ1) is 7.26. The first-order valence-corrected chi connectivity index (χ1v) is 4.37. The highest BCUT2D eigenvalue weighted by Crippen LogP contribution is 1.88. The third kappa shape index (κ3) is 3.86. The molecule has 0 aromatic carbocycles. The number of hydrogen-bond acceptors (Lipinski definition) is 5. The largest absolute Gasteiger partial charge is 0.383 e. The number of carbonyl (C=O) groups excluding carboxylic acids is 2. The Balaban J connectivity index is 2.34. The first kappa shape index (κ1) is 11.3. The van der Waals surface area contributed by atoms with Gasteiger partial charge in [-0.25, -0.2) is 4.68 Å². The molecule has 1 N–H and O–H groups in total. The summed E-state index contributed by atoms with van der Waals surface area (Å²) in [6.07, 6.45) is 1.98. The predicted molar refractivity (Wildman–Crippen MR) is 50.3 cm³/mol. The van der Waals surface area contributed by atoms with Crippen molar-refractivity contribution < 1.29 is 14.3 Å². The van der Waals surface area contributed by atoms with Gasteiger partial charge in [-0.3, -0.25) is 9.59 Å². The van der Waals surface area contributed by atoms with Gasteiger partial charge >= 0.3 is 0 Å². The third-order valence-corrected chi connectivity index (χ3v) is 1.61. The molecule has 0 bridgehead atoms. The monoisotopic (exact) mass is 212 g/mol. The molecule has 0 aliphatic carbocycles. The van der Waals surface area contributed by atoms with E-state index in [1.807, 2.05) is 0 Å². The molecule has 1 rings (SSSR count). The highest BCUT2D eigenvalue weighted by atomic mass is 16.5. The minimum absolute atomic E-state index is 0.0462. The van der Waals surface area contributed by atoms with Gasteiger partial charge in [-0.05, 0) is 0 Å². The molecule has 0 radical (unpaired) electrons. The van der Waals surface area contributed by atoms with Gasteiger partial charge in [-0.15, -0.1) is 5.10 Å². The number of methoxy groups -OCH3 is 1. The smallest absolute Gasteiger partial charge is 0.241 e. The van der Waals surface area contributed by atoms with Gasteiger partial charge in [0.1, 0.15) is 12.2 Å². The fourth-order valence-electron chi connectivity index (χ4n) is 0.940. The van der Waals surface area contributed by atoms with Crippen molar-refractivity contribution in [3.63, 3.8) is 0 Å². The molecule has 0 aliphatic heterocycles. The fraction of sp³-hybridized carbons (Fsp3) is 0.500. The molecular weight excluding hydrogens is 200 g/mol. The van der Waals surface area contributed by atoms with Crippen molar-refractivity contribution in [2.24, 2.45) is 0 Å². The van der Waals surface area contributed by atoms with Gasteiger partial charge in [0.15, 0.2) is 6.29 Å². The highest BCUT2D eigenvalue weighted by molar-refractivity contribution is 5.76. The number of ether oxygens (including phenoxy) is 1. The molecule has 1 aromatic heterocycles. The standard InChI is InChI=1S/C8H12N4O3/c1-15-3-2-9-8(14)5-12-4-7(6-13)10-11-12/h4,6H,2-3,5H2,1H3,(H,9,14). The Morgan fingerprint density at radius 3 is 3.13 bits per heavy atom. The zero-order valence-corrected chi connectivity index (χ0v) is 8.34. The van der Waals surface area contributed by atoms with Crippen LogP contribution in [0.4, 0.5) is 0 Å². The van der Waals surface area contributed by atoms with Gasteiger partial charge in [0, 0.05) is 13.7 Å². The average molecular weight is 212 g/mol. The normalized spacial score (nSPS) is 9.93. The Morgan fingerprint density at radius 2 is 2.53 bits per heavy atom. The zero-order chi connectivity index (χ0) is 11.1. The molecule has 0 fully saturated rings. The van der Waals surface area contributed by atoms with Crippen molar-refractivity contribution in [3.8, 4) is 0 Å². The summed E-state index contributed by atoms with van der Waals surface area (Å²) in [6, 6.07) is 0. The number of nitrogens with zero attached hydrogens (tertiary/aromatic N) is 3. The van der Waals surface area contributed by atoms with Gasteiger partial charge < -0.3 is 10.1 Å². The maximum absolute atomic E-state index is 11.2. The quantitative estimate of drug-likeness (QED) is 0.475. The number of carbonyl (C=O) groups is 2. The summed E-state index contributed by atoms with van der Waals surface area (Å²) in [4.78, 5) is 21.5. The number of hydrogen-bond donors (Lipinski definition) is 1. The second-order valence-corrected chi connectivity index (χ2v) is 2.80. The molecule has 82 valence electrons. The lowest BCUT2D eigenvalue weighted by Crippen LogP contribution is -2.30. The minimum Gasteiger partial charge on any atom is -0.383 e. The predicted octanol–water partition coefficient (Wildman–Crippen LogP) is -1.15. The molecule has 0 spiro atoms. The first-order valence-electron chi connectivity index (χ1n) is 4.37. The number of rotatable bonds is 6. The lowest BCUT2D eigenvalue weighted by atomic mass is 10.5. The van der Waals surface area contributed by atoms with E-state index in [1.54, 1.807) is 7.11 Å². The topological polar surface area (TPSA) is 86.1 Å². The molecule has 0 unspecified atom stereocenters. The summed E-state index contributed by atoms with van der Waals surface area (Å²) in [5.74, 6) is -0.200.